The van der Waals surface area contributed by atoms with Gasteiger partial charge in [0.25, 0.3) is 0 Å². The Balaban J connectivity index is 1.69. The Bertz CT molecular complexity index is 526. The summed E-state index contributed by atoms with van der Waals surface area (Å²) in [6.07, 6.45) is 3.24. The average molecular weight is 271 g/mol. The van der Waals surface area contributed by atoms with E-state index < -0.39 is 0 Å². The highest BCUT2D eigenvalue weighted by Gasteiger charge is 2.01. The average Bonchev–Trinajstić information content (AvgIpc) is 2.48. The zero-order valence-corrected chi connectivity index (χ0v) is 11.8. The van der Waals surface area contributed by atoms with E-state index in [0.29, 0.717) is 18.0 Å². The molecule has 2 rings (SSSR count). The van der Waals surface area contributed by atoms with Gasteiger partial charge in [-0.05, 0) is 37.0 Å². The quantitative estimate of drug-likeness (QED) is 0.617. The van der Waals surface area contributed by atoms with Crippen LogP contribution in [0.15, 0.2) is 48.5 Å². The van der Waals surface area contributed by atoms with E-state index in [4.69, 9.17) is 15.2 Å². The van der Waals surface area contributed by atoms with E-state index in [2.05, 4.69) is 24.3 Å². The summed E-state index contributed by atoms with van der Waals surface area (Å²) in [5.41, 5.74) is 7.82. The number of ether oxygens (including phenoxy) is 2. The van der Waals surface area contributed by atoms with E-state index in [1.807, 2.05) is 18.2 Å². The molecule has 0 atom stereocenters. The number of benzene rings is 2. The normalized spacial score (nSPS) is 10.2. The molecule has 3 heteroatoms. The van der Waals surface area contributed by atoms with Crippen molar-refractivity contribution in [1.82, 2.24) is 0 Å². The lowest BCUT2D eigenvalue weighted by molar-refractivity contribution is 0.306. The number of aryl methyl sites for hydroxylation is 1. The van der Waals surface area contributed by atoms with Crippen molar-refractivity contribution in [3.63, 3.8) is 0 Å². The van der Waals surface area contributed by atoms with Gasteiger partial charge in [-0.25, -0.2) is 0 Å². The molecular weight excluding hydrogens is 250 g/mol. The van der Waals surface area contributed by atoms with Gasteiger partial charge in [-0.1, -0.05) is 30.3 Å². The highest BCUT2D eigenvalue weighted by Crippen LogP contribution is 2.26. The minimum Gasteiger partial charge on any atom is -0.495 e. The van der Waals surface area contributed by atoms with E-state index >= 15 is 0 Å². The van der Waals surface area contributed by atoms with Crippen LogP contribution in [0.4, 0.5) is 5.69 Å². The molecule has 20 heavy (non-hydrogen) atoms. The van der Waals surface area contributed by atoms with Gasteiger partial charge in [0.05, 0.1) is 19.4 Å². The lowest BCUT2D eigenvalue weighted by atomic mass is 10.1. The Morgan fingerprint density at radius 2 is 1.80 bits per heavy atom. The van der Waals surface area contributed by atoms with Crippen molar-refractivity contribution >= 4 is 5.69 Å². The maximum atomic E-state index is 5.83. The highest BCUT2D eigenvalue weighted by molar-refractivity contribution is 5.56. The van der Waals surface area contributed by atoms with Crippen LogP contribution in [0.2, 0.25) is 0 Å². The standard InChI is InChI=1S/C17H21NO2/c1-19-17-11-10-15(13-16(17)18)20-12-6-5-9-14-7-3-2-4-8-14/h2-4,7-8,10-11,13H,5-6,9,12,18H2,1H3. The number of rotatable bonds is 7. The van der Waals surface area contributed by atoms with Gasteiger partial charge in [0.1, 0.15) is 11.5 Å². The van der Waals surface area contributed by atoms with Gasteiger partial charge < -0.3 is 15.2 Å². The first kappa shape index (κ1) is 14.3. The predicted molar refractivity (Wildman–Crippen MR) is 82.3 cm³/mol. The van der Waals surface area contributed by atoms with Crippen LogP contribution in [-0.4, -0.2) is 13.7 Å². The zero-order chi connectivity index (χ0) is 14.2. The minimum atomic E-state index is 0.606. The molecular formula is C17H21NO2. The molecule has 106 valence electrons. The fraction of sp³-hybridized carbons (Fsp3) is 0.294. The van der Waals surface area contributed by atoms with E-state index in [9.17, 15) is 0 Å². The fourth-order valence-electron chi connectivity index (χ4n) is 2.07. The fourth-order valence-corrected chi connectivity index (χ4v) is 2.07. The Hall–Kier alpha value is -2.16. The molecule has 0 saturated carbocycles. The first-order valence-electron chi connectivity index (χ1n) is 6.90. The highest BCUT2D eigenvalue weighted by atomic mass is 16.5. The van der Waals surface area contributed by atoms with Crippen molar-refractivity contribution in [2.75, 3.05) is 19.5 Å². The van der Waals surface area contributed by atoms with Crippen LogP contribution in [0.3, 0.4) is 0 Å². The smallest absolute Gasteiger partial charge is 0.142 e. The second kappa shape index (κ2) is 7.43. The van der Waals surface area contributed by atoms with E-state index in [-0.39, 0.29) is 0 Å². The summed E-state index contributed by atoms with van der Waals surface area (Å²) in [5, 5.41) is 0. The third-order valence-electron chi connectivity index (χ3n) is 3.17. The number of hydrogen-bond acceptors (Lipinski definition) is 3. The molecule has 0 heterocycles. The lowest BCUT2D eigenvalue weighted by Crippen LogP contribution is -2.00. The van der Waals surface area contributed by atoms with E-state index in [1.165, 1.54) is 5.56 Å². The molecule has 0 aliphatic carbocycles. The summed E-state index contributed by atoms with van der Waals surface area (Å²) in [6, 6.07) is 16.0. The third kappa shape index (κ3) is 4.19. The van der Waals surface area contributed by atoms with Crippen LogP contribution in [0.1, 0.15) is 18.4 Å². The van der Waals surface area contributed by atoms with Crippen LogP contribution < -0.4 is 15.2 Å². The molecule has 0 bridgehead atoms. The van der Waals surface area contributed by atoms with Crippen LogP contribution in [0.5, 0.6) is 11.5 Å². The molecule has 0 unspecified atom stereocenters. The summed E-state index contributed by atoms with van der Waals surface area (Å²) >= 11 is 0. The first-order valence-corrected chi connectivity index (χ1v) is 6.90. The Kier molecular flexibility index (Phi) is 5.30. The molecule has 2 N–H and O–H groups in total. The lowest BCUT2D eigenvalue weighted by Gasteiger charge is -2.09. The van der Waals surface area contributed by atoms with Crippen LogP contribution in [0, 0.1) is 0 Å². The monoisotopic (exact) mass is 271 g/mol. The molecule has 0 spiro atoms. The van der Waals surface area contributed by atoms with Crippen molar-refractivity contribution in [3.8, 4) is 11.5 Å². The molecule has 0 aromatic heterocycles. The van der Waals surface area contributed by atoms with Gasteiger partial charge in [-0.15, -0.1) is 0 Å². The molecule has 0 fully saturated rings. The first-order chi connectivity index (χ1) is 9.79. The van der Waals surface area contributed by atoms with Gasteiger partial charge >= 0.3 is 0 Å². The van der Waals surface area contributed by atoms with Gasteiger partial charge in [0.15, 0.2) is 0 Å². The van der Waals surface area contributed by atoms with Gasteiger partial charge in [-0.2, -0.15) is 0 Å². The van der Waals surface area contributed by atoms with Crippen LogP contribution in [0.25, 0.3) is 0 Å². The molecule has 3 nitrogen and oxygen atoms in total. The molecule has 0 radical (unpaired) electrons. The maximum Gasteiger partial charge on any atom is 0.142 e. The number of methoxy groups -OCH3 is 1. The molecule has 0 aliphatic rings. The topological polar surface area (TPSA) is 44.5 Å². The zero-order valence-electron chi connectivity index (χ0n) is 11.8. The SMILES string of the molecule is COc1ccc(OCCCCc2ccccc2)cc1N. The number of nitrogens with two attached hydrogens (primary N) is 1. The van der Waals surface area contributed by atoms with Crippen molar-refractivity contribution in [2.45, 2.75) is 19.3 Å². The molecule has 2 aromatic rings. The molecule has 2 aromatic carbocycles. The molecule has 0 saturated heterocycles. The maximum absolute atomic E-state index is 5.83. The summed E-state index contributed by atoms with van der Waals surface area (Å²) in [5.74, 6) is 1.48. The Morgan fingerprint density at radius 1 is 1.00 bits per heavy atom. The summed E-state index contributed by atoms with van der Waals surface area (Å²) in [6.45, 7) is 0.707. The summed E-state index contributed by atoms with van der Waals surface area (Å²) in [4.78, 5) is 0. The molecule has 0 amide bonds. The van der Waals surface area contributed by atoms with Crippen LogP contribution in [-0.2, 0) is 6.42 Å². The predicted octanol–water partition coefficient (Wildman–Crippen LogP) is 3.68. The number of unbranched alkanes of at least 4 members (excludes halogenated alkanes) is 1. The minimum absolute atomic E-state index is 0.606. The summed E-state index contributed by atoms with van der Waals surface area (Å²) in [7, 11) is 1.61. The van der Waals surface area contributed by atoms with E-state index in [1.54, 1.807) is 13.2 Å². The number of hydrogen-bond donors (Lipinski definition) is 1. The second-order valence-electron chi connectivity index (χ2n) is 4.69. The Labute approximate surface area is 120 Å². The van der Waals surface area contributed by atoms with Gasteiger partial charge in [0, 0.05) is 6.07 Å². The second-order valence-corrected chi connectivity index (χ2v) is 4.69. The van der Waals surface area contributed by atoms with Crippen molar-refractivity contribution in [1.29, 1.82) is 0 Å². The third-order valence-corrected chi connectivity index (χ3v) is 3.17. The number of nitrogen functional groups attached to an aromatic ring is 1. The van der Waals surface area contributed by atoms with Crippen LogP contribution >= 0.6 is 0 Å². The van der Waals surface area contributed by atoms with Crippen molar-refractivity contribution in [3.05, 3.63) is 54.1 Å². The largest absolute Gasteiger partial charge is 0.495 e. The van der Waals surface area contributed by atoms with E-state index in [0.717, 1.165) is 25.0 Å². The molecule has 0 aliphatic heterocycles. The summed E-state index contributed by atoms with van der Waals surface area (Å²) < 4.78 is 10.8. The van der Waals surface area contributed by atoms with Crippen molar-refractivity contribution < 1.29 is 9.47 Å². The van der Waals surface area contributed by atoms with Gasteiger partial charge in [-0.3, -0.25) is 0 Å². The Morgan fingerprint density at radius 3 is 2.50 bits per heavy atom. The van der Waals surface area contributed by atoms with Crippen molar-refractivity contribution in [2.24, 2.45) is 0 Å². The van der Waals surface area contributed by atoms with Gasteiger partial charge in [0.2, 0.25) is 0 Å². The number of anilines is 1.